The quantitative estimate of drug-likeness (QED) is 0.728. The van der Waals surface area contributed by atoms with Gasteiger partial charge in [0.2, 0.25) is 0 Å². The van der Waals surface area contributed by atoms with Crippen molar-refractivity contribution in [3.63, 3.8) is 0 Å². The molecule has 0 spiro atoms. The van der Waals surface area contributed by atoms with Crippen LogP contribution in [0.15, 0.2) is 18.5 Å². The fourth-order valence-corrected chi connectivity index (χ4v) is 1.40. The number of carbonyl (C=O) groups excluding carboxylic acids is 1. The van der Waals surface area contributed by atoms with E-state index >= 15 is 0 Å². The molecule has 0 aromatic carbocycles. The highest BCUT2D eigenvalue weighted by Gasteiger charge is 2.08. The summed E-state index contributed by atoms with van der Waals surface area (Å²) in [7, 11) is 0. The van der Waals surface area contributed by atoms with Crippen LogP contribution in [0.4, 0.5) is 0 Å². The highest BCUT2D eigenvalue weighted by atomic mass is 16.1. The Kier molecular flexibility index (Phi) is 1.77. The second-order valence-electron chi connectivity index (χ2n) is 3.35. The van der Waals surface area contributed by atoms with Gasteiger partial charge in [0.15, 0.2) is 0 Å². The molecule has 0 saturated heterocycles. The Morgan fingerprint density at radius 3 is 2.86 bits per heavy atom. The molecule has 0 saturated carbocycles. The van der Waals surface area contributed by atoms with Crippen molar-refractivity contribution in [2.24, 2.45) is 5.73 Å². The van der Waals surface area contributed by atoms with Gasteiger partial charge in [0, 0.05) is 12.4 Å². The number of nitrogens with zero attached hydrogens (tertiary/aromatic N) is 2. The highest BCUT2D eigenvalue weighted by molar-refractivity contribution is 5.91. The van der Waals surface area contributed by atoms with Crippen LogP contribution in [0.3, 0.4) is 0 Å². The molecule has 2 N–H and O–H groups in total. The number of amides is 1. The second kappa shape index (κ2) is 2.83. The summed E-state index contributed by atoms with van der Waals surface area (Å²) >= 11 is 0. The van der Waals surface area contributed by atoms with Gasteiger partial charge in [-0.3, -0.25) is 4.79 Å². The van der Waals surface area contributed by atoms with E-state index < -0.39 is 5.91 Å². The number of hydrogen-bond donors (Lipinski definition) is 1. The molecule has 4 heteroatoms. The Morgan fingerprint density at radius 2 is 2.21 bits per heavy atom. The predicted octanol–water partition coefficient (Wildman–Crippen LogP) is 1.05. The molecule has 2 aromatic heterocycles. The molecule has 0 aliphatic carbocycles. The van der Waals surface area contributed by atoms with Crippen molar-refractivity contribution in [2.45, 2.75) is 13.8 Å². The molecule has 14 heavy (non-hydrogen) atoms. The zero-order valence-corrected chi connectivity index (χ0v) is 8.11. The summed E-state index contributed by atoms with van der Waals surface area (Å²) in [6.07, 6.45) is 3.52. The third-order valence-electron chi connectivity index (χ3n) is 2.40. The normalized spacial score (nSPS) is 10.7. The Balaban J connectivity index is 2.77. The summed E-state index contributed by atoms with van der Waals surface area (Å²) in [5.41, 5.74) is 8.47. The van der Waals surface area contributed by atoms with E-state index in [2.05, 4.69) is 4.98 Å². The highest BCUT2D eigenvalue weighted by Crippen LogP contribution is 2.13. The summed E-state index contributed by atoms with van der Waals surface area (Å²) in [5, 5.41) is 0. The minimum absolute atomic E-state index is 0.304. The summed E-state index contributed by atoms with van der Waals surface area (Å²) in [4.78, 5) is 15.1. The lowest BCUT2D eigenvalue weighted by atomic mass is 10.2. The summed E-state index contributed by atoms with van der Waals surface area (Å²) in [5.74, 6) is -0.495. The van der Waals surface area contributed by atoms with Crippen LogP contribution in [0.25, 0.3) is 5.65 Å². The van der Waals surface area contributed by atoms with E-state index in [0.29, 0.717) is 5.69 Å². The Hall–Kier alpha value is -1.84. The molecule has 2 rings (SSSR count). The standard InChI is InChI=1S/C10H11N3O/c1-6-3-4-13-5-8(9(11)14)12-10(13)7(6)2/h3-5H,1-2H3,(H2,11,14). The first-order chi connectivity index (χ1) is 6.59. The molecule has 0 aliphatic rings. The monoisotopic (exact) mass is 189 g/mol. The molecular weight excluding hydrogens is 178 g/mol. The summed E-state index contributed by atoms with van der Waals surface area (Å²) in [6.45, 7) is 3.98. The van der Waals surface area contributed by atoms with Crippen LogP contribution in [0, 0.1) is 13.8 Å². The van der Waals surface area contributed by atoms with Crippen molar-refractivity contribution < 1.29 is 4.79 Å². The lowest BCUT2D eigenvalue weighted by Gasteiger charge is -2.00. The van der Waals surface area contributed by atoms with E-state index in [-0.39, 0.29) is 0 Å². The van der Waals surface area contributed by atoms with Gasteiger partial charge in [-0.2, -0.15) is 0 Å². The number of nitrogens with two attached hydrogens (primary N) is 1. The molecular formula is C10H11N3O. The number of hydrogen-bond acceptors (Lipinski definition) is 2. The molecule has 2 heterocycles. The number of pyridine rings is 1. The number of fused-ring (bicyclic) bond motifs is 1. The minimum Gasteiger partial charge on any atom is -0.364 e. The maximum absolute atomic E-state index is 10.9. The zero-order chi connectivity index (χ0) is 10.3. The van der Waals surface area contributed by atoms with E-state index in [1.807, 2.05) is 30.5 Å². The van der Waals surface area contributed by atoms with Crippen LogP contribution in [0.5, 0.6) is 0 Å². The van der Waals surface area contributed by atoms with Gasteiger partial charge in [0.1, 0.15) is 11.3 Å². The molecule has 0 fully saturated rings. The molecule has 0 radical (unpaired) electrons. The number of imidazole rings is 1. The number of rotatable bonds is 1. The molecule has 0 bridgehead atoms. The first-order valence-corrected chi connectivity index (χ1v) is 4.34. The maximum atomic E-state index is 10.9. The molecule has 0 atom stereocenters. The number of aromatic nitrogens is 2. The summed E-state index contributed by atoms with van der Waals surface area (Å²) in [6, 6.07) is 1.98. The number of aryl methyl sites for hydroxylation is 2. The van der Waals surface area contributed by atoms with Crippen LogP contribution in [0.1, 0.15) is 21.6 Å². The van der Waals surface area contributed by atoms with E-state index in [1.54, 1.807) is 6.20 Å². The predicted molar refractivity (Wildman–Crippen MR) is 53.2 cm³/mol. The van der Waals surface area contributed by atoms with Crippen LogP contribution in [-0.2, 0) is 0 Å². The van der Waals surface area contributed by atoms with Crippen LogP contribution in [0.2, 0.25) is 0 Å². The minimum atomic E-state index is -0.495. The first-order valence-electron chi connectivity index (χ1n) is 4.34. The van der Waals surface area contributed by atoms with Crippen LogP contribution < -0.4 is 5.73 Å². The third-order valence-corrected chi connectivity index (χ3v) is 2.40. The number of carbonyl (C=O) groups is 1. The van der Waals surface area contributed by atoms with Crippen molar-refractivity contribution >= 4 is 11.6 Å². The molecule has 72 valence electrons. The molecule has 0 unspecified atom stereocenters. The van der Waals surface area contributed by atoms with Gasteiger partial charge in [0.05, 0.1) is 0 Å². The lowest BCUT2D eigenvalue weighted by molar-refractivity contribution is 0.0996. The average Bonchev–Trinajstić information content (AvgIpc) is 2.56. The van der Waals surface area contributed by atoms with E-state index in [4.69, 9.17) is 5.73 Å². The smallest absolute Gasteiger partial charge is 0.268 e. The van der Waals surface area contributed by atoms with Gasteiger partial charge in [-0.1, -0.05) is 0 Å². The number of primary amides is 1. The SMILES string of the molecule is Cc1ccn2cc(C(N)=O)nc2c1C. The van der Waals surface area contributed by atoms with Crippen molar-refractivity contribution in [1.82, 2.24) is 9.38 Å². The Morgan fingerprint density at radius 1 is 1.50 bits per heavy atom. The van der Waals surface area contributed by atoms with Crippen molar-refractivity contribution in [3.05, 3.63) is 35.3 Å². The van der Waals surface area contributed by atoms with Crippen molar-refractivity contribution in [3.8, 4) is 0 Å². The van der Waals surface area contributed by atoms with Crippen LogP contribution >= 0.6 is 0 Å². The first kappa shape index (κ1) is 8.74. The Bertz CT molecular complexity index is 513. The van der Waals surface area contributed by atoms with Gasteiger partial charge in [-0.05, 0) is 31.0 Å². The fourth-order valence-electron chi connectivity index (χ4n) is 1.40. The lowest BCUT2D eigenvalue weighted by Crippen LogP contribution is -2.10. The van der Waals surface area contributed by atoms with Gasteiger partial charge in [0.25, 0.3) is 5.91 Å². The van der Waals surface area contributed by atoms with Crippen molar-refractivity contribution in [1.29, 1.82) is 0 Å². The van der Waals surface area contributed by atoms with E-state index in [9.17, 15) is 4.79 Å². The fraction of sp³-hybridized carbons (Fsp3) is 0.200. The van der Waals surface area contributed by atoms with Crippen LogP contribution in [-0.4, -0.2) is 15.3 Å². The topological polar surface area (TPSA) is 60.4 Å². The largest absolute Gasteiger partial charge is 0.364 e. The molecule has 2 aromatic rings. The van der Waals surface area contributed by atoms with Gasteiger partial charge < -0.3 is 10.1 Å². The maximum Gasteiger partial charge on any atom is 0.268 e. The molecule has 1 amide bonds. The summed E-state index contributed by atoms with van der Waals surface area (Å²) < 4.78 is 1.81. The van der Waals surface area contributed by atoms with Gasteiger partial charge >= 0.3 is 0 Å². The van der Waals surface area contributed by atoms with Gasteiger partial charge in [-0.15, -0.1) is 0 Å². The molecule has 4 nitrogen and oxygen atoms in total. The van der Waals surface area contributed by atoms with E-state index in [0.717, 1.165) is 16.8 Å². The Labute approximate surface area is 81.4 Å². The van der Waals surface area contributed by atoms with Gasteiger partial charge in [-0.25, -0.2) is 4.98 Å². The third kappa shape index (κ3) is 1.16. The van der Waals surface area contributed by atoms with E-state index in [1.165, 1.54) is 0 Å². The zero-order valence-electron chi connectivity index (χ0n) is 8.11. The molecule has 0 aliphatic heterocycles. The average molecular weight is 189 g/mol. The van der Waals surface area contributed by atoms with Crippen molar-refractivity contribution in [2.75, 3.05) is 0 Å². The second-order valence-corrected chi connectivity index (χ2v) is 3.35.